The summed E-state index contributed by atoms with van der Waals surface area (Å²) < 4.78 is 5.86. The Morgan fingerprint density at radius 2 is 1.45 bits per heavy atom. The molecule has 1 atom stereocenters. The van der Waals surface area contributed by atoms with Gasteiger partial charge in [-0.15, -0.1) is 10.2 Å². The van der Waals surface area contributed by atoms with Crippen molar-refractivity contribution in [2.24, 2.45) is 7.05 Å². The number of fused-ring (bicyclic) bond motifs is 1. The van der Waals surface area contributed by atoms with Crippen LogP contribution in [0.4, 0.5) is 0 Å². The second-order valence-electron chi connectivity index (χ2n) is 7.80. The fourth-order valence-corrected chi connectivity index (χ4v) is 3.91. The lowest BCUT2D eigenvalue weighted by Gasteiger charge is -2.23. The van der Waals surface area contributed by atoms with Gasteiger partial charge in [0.1, 0.15) is 18.4 Å². The first-order chi connectivity index (χ1) is 16.1. The lowest BCUT2D eigenvalue weighted by molar-refractivity contribution is 0.0574. The van der Waals surface area contributed by atoms with Crippen LogP contribution in [0.15, 0.2) is 78.9 Å². The molecule has 2 amide bonds. The van der Waals surface area contributed by atoms with Crippen LogP contribution in [-0.2, 0) is 20.1 Å². The number of rotatable bonds is 7. The maximum atomic E-state index is 13.1. The molecule has 1 aromatic heterocycles. The number of amides is 2. The first kappa shape index (κ1) is 20.6. The highest BCUT2D eigenvalue weighted by Crippen LogP contribution is 2.32. The Kier molecular flexibility index (Phi) is 5.40. The molecule has 1 aliphatic heterocycles. The summed E-state index contributed by atoms with van der Waals surface area (Å²) in [5, 5.41) is 12.3. The van der Waals surface area contributed by atoms with Crippen molar-refractivity contribution >= 4 is 11.8 Å². The summed E-state index contributed by atoms with van der Waals surface area (Å²) >= 11 is 0. The molecule has 0 radical (unpaired) electrons. The quantitative estimate of drug-likeness (QED) is 0.410. The predicted molar refractivity (Wildman–Crippen MR) is 119 cm³/mol. The van der Waals surface area contributed by atoms with E-state index in [9.17, 15) is 9.59 Å². The average molecular weight is 439 g/mol. The standard InChI is InChI=1S/C25H21N5O3/c1-29-27-23(26-28-29)22(30-24(31)20-9-5-6-10-21(20)25(30)32)15-17-11-13-19(14-12-17)33-16-18-7-3-2-4-8-18/h2-14,22H,15-16H2,1H3/t22-/m0/s1. The van der Waals surface area contributed by atoms with Gasteiger partial charge in [-0.1, -0.05) is 54.6 Å². The summed E-state index contributed by atoms with van der Waals surface area (Å²) in [6.45, 7) is 0.474. The van der Waals surface area contributed by atoms with Crippen LogP contribution in [0.1, 0.15) is 43.7 Å². The molecule has 2 heterocycles. The minimum atomic E-state index is -0.679. The van der Waals surface area contributed by atoms with Crippen LogP contribution >= 0.6 is 0 Å². The van der Waals surface area contributed by atoms with Gasteiger partial charge in [0.05, 0.1) is 18.2 Å². The maximum absolute atomic E-state index is 13.1. The van der Waals surface area contributed by atoms with Crippen molar-refractivity contribution < 1.29 is 14.3 Å². The Bertz CT molecular complexity index is 1270. The van der Waals surface area contributed by atoms with Crippen LogP contribution in [0, 0.1) is 0 Å². The smallest absolute Gasteiger partial charge is 0.262 e. The molecule has 0 fully saturated rings. The zero-order valence-corrected chi connectivity index (χ0v) is 18.0. The van der Waals surface area contributed by atoms with Gasteiger partial charge in [0.15, 0.2) is 5.82 Å². The molecule has 0 spiro atoms. The molecular formula is C25H21N5O3. The number of aromatic nitrogens is 4. The zero-order chi connectivity index (χ0) is 22.8. The summed E-state index contributed by atoms with van der Waals surface area (Å²) in [7, 11) is 1.65. The molecule has 0 saturated carbocycles. The molecule has 0 bridgehead atoms. The van der Waals surface area contributed by atoms with Crippen molar-refractivity contribution in [1.29, 1.82) is 0 Å². The van der Waals surface area contributed by atoms with Crippen molar-refractivity contribution in [2.45, 2.75) is 19.1 Å². The summed E-state index contributed by atoms with van der Waals surface area (Å²) in [6, 6.07) is 23.7. The van der Waals surface area contributed by atoms with Gasteiger partial charge < -0.3 is 4.74 Å². The number of ether oxygens (including phenoxy) is 1. The van der Waals surface area contributed by atoms with E-state index in [2.05, 4.69) is 15.4 Å². The lowest BCUT2D eigenvalue weighted by atomic mass is 10.0. The molecule has 0 aliphatic carbocycles. The third kappa shape index (κ3) is 4.10. The van der Waals surface area contributed by atoms with Crippen LogP contribution in [0.3, 0.4) is 0 Å². The predicted octanol–water partition coefficient (Wildman–Crippen LogP) is 3.37. The van der Waals surface area contributed by atoms with Crippen LogP contribution < -0.4 is 4.74 Å². The highest BCUT2D eigenvalue weighted by molar-refractivity contribution is 6.21. The topological polar surface area (TPSA) is 90.2 Å². The third-order valence-electron chi connectivity index (χ3n) is 5.56. The number of carbonyl (C=O) groups is 2. The molecule has 8 nitrogen and oxygen atoms in total. The van der Waals surface area contributed by atoms with E-state index in [4.69, 9.17) is 4.74 Å². The first-order valence-corrected chi connectivity index (χ1v) is 10.6. The van der Waals surface area contributed by atoms with Crippen LogP contribution in [-0.4, -0.2) is 36.9 Å². The summed E-state index contributed by atoms with van der Waals surface area (Å²) in [4.78, 5) is 28.7. The largest absolute Gasteiger partial charge is 0.489 e. The molecule has 0 saturated heterocycles. The molecule has 0 N–H and O–H groups in total. The number of imide groups is 1. The molecule has 33 heavy (non-hydrogen) atoms. The second-order valence-corrected chi connectivity index (χ2v) is 7.80. The molecule has 4 aromatic rings. The van der Waals surface area contributed by atoms with E-state index in [1.165, 1.54) is 9.70 Å². The van der Waals surface area contributed by atoms with E-state index in [-0.39, 0.29) is 11.8 Å². The Morgan fingerprint density at radius 3 is 2.06 bits per heavy atom. The molecule has 1 aliphatic rings. The Morgan fingerprint density at radius 1 is 0.818 bits per heavy atom. The molecule has 0 unspecified atom stereocenters. The first-order valence-electron chi connectivity index (χ1n) is 10.6. The van der Waals surface area contributed by atoms with E-state index in [0.717, 1.165) is 16.9 Å². The Balaban J connectivity index is 1.37. The van der Waals surface area contributed by atoms with Gasteiger partial charge >= 0.3 is 0 Å². The van der Waals surface area contributed by atoms with Crippen molar-refractivity contribution in [2.75, 3.05) is 0 Å². The fourth-order valence-electron chi connectivity index (χ4n) is 3.91. The zero-order valence-electron chi connectivity index (χ0n) is 18.0. The Hall–Kier alpha value is -4.33. The van der Waals surface area contributed by atoms with Gasteiger partial charge in [-0.3, -0.25) is 14.5 Å². The minimum absolute atomic E-state index is 0.316. The van der Waals surface area contributed by atoms with E-state index in [1.807, 2.05) is 54.6 Å². The molecule has 8 heteroatoms. The summed E-state index contributed by atoms with van der Waals surface area (Å²) in [5.41, 5.74) is 2.78. The van der Waals surface area contributed by atoms with Gasteiger partial charge in [0.25, 0.3) is 11.8 Å². The van der Waals surface area contributed by atoms with Crippen LogP contribution in [0.2, 0.25) is 0 Å². The van der Waals surface area contributed by atoms with Crippen molar-refractivity contribution in [3.05, 3.63) is 107 Å². The number of hydrogen-bond donors (Lipinski definition) is 0. The molecule has 5 rings (SSSR count). The summed E-state index contributed by atoms with van der Waals surface area (Å²) in [6.07, 6.45) is 0.357. The van der Waals surface area contributed by atoms with Crippen molar-refractivity contribution in [3.8, 4) is 5.75 Å². The van der Waals surface area contributed by atoms with E-state index in [1.54, 1.807) is 31.3 Å². The number of aryl methyl sites for hydroxylation is 1. The number of nitrogens with zero attached hydrogens (tertiary/aromatic N) is 5. The van der Waals surface area contributed by atoms with Gasteiger partial charge in [0, 0.05) is 6.42 Å². The van der Waals surface area contributed by atoms with Crippen molar-refractivity contribution in [1.82, 2.24) is 25.1 Å². The highest BCUT2D eigenvalue weighted by Gasteiger charge is 2.42. The Labute approximate surface area is 190 Å². The van der Waals surface area contributed by atoms with Crippen molar-refractivity contribution in [3.63, 3.8) is 0 Å². The SMILES string of the molecule is Cn1nnc([C@H](Cc2ccc(OCc3ccccc3)cc2)N2C(=O)c3ccccc3C2=O)n1. The monoisotopic (exact) mass is 439 g/mol. The lowest BCUT2D eigenvalue weighted by Crippen LogP contribution is -2.36. The van der Waals surface area contributed by atoms with Gasteiger partial charge in [-0.2, -0.15) is 4.80 Å². The van der Waals surface area contributed by atoms with Gasteiger partial charge in [0.2, 0.25) is 0 Å². The van der Waals surface area contributed by atoms with Crippen LogP contribution in [0.25, 0.3) is 0 Å². The number of tetrazole rings is 1. The number of benzene rings is 3. The second kappa shape index (κ2) is 8.66. The highest BCUT2D eigenvalue weighted by atomic mass is 16.5. The molecule has 3 aromatic carbocycles. The fraction of sp³-hybridized carbons (Fsp3) is 0.160. The van der Waals surface area contributed by atoms with E-state index in [0.29, 0.717) is 30.0 Å². The number of hydrogen-bond acceptors (Lipinski definition) is 6. The van der Waals surface area contributed by atoms with E-state index >= 15 is 0 Å². The number of carbonyl (C=O) groups excluding carboxylic acids is 2. The molecular weight excluding hydrogens is 418 g/mol. The molecule has 164 valence electrons. The minimum Gasteiger partial charge on any atom is -0.489 e. The third-order valence-corrected chi connectivity index (χ3v) is 5.56. The van der Waals surface area contributed by atoms with Gasteiger partial charge in [-0.05, 0) is 40.6 Å². The average Bonchev–Trinajstić information content (AvgIpc) is 3.39. The normalized spacial score (nSPS) is 13.8. The van der Waals surface area contributed by atoms with Crippen LogP contribution in [0.5, 0.6) is 5.75 Å². The maximum Gasteiger partial charge on any atom is 0.262 e. The van der Waals surface area contributed by atoms with Gasteiger partial charge in [-0.25, -0.2) is 0 Å². The van der Waals surface area contributed by atoms with E-state index < -0.39 is 6.04 Å². The summed E-state index contributed by atoms with van der Waals surface area (Å²) in [5.74, 6) is 0.348.